The summed E-state index contributed by atoms with van der Waals surface area (Å²) >= 11 is 0. The van der Waals surface area contributed by atoms with Crippen LogP contribution < -0.4 is 5.32 Å². The number of rotatable bonds is 5. The van der Waals surface area contributed by atoms with Crippen LogP contribution in [0.15, 0.2) is 61.3 Å². The molecule has 0 aliphatic carbocycles. The normalized spacial score (nSPS) is 16.7. The van der Waals surface area contributed by atoms with Crippen LogP contribution in [-0.4, -0.2) is 31.9 Å². The second kappa shape index (κ2) is 7.67. The Hall–Kier alpha value is -3.06. The van der Waals surface area contributed by atoms with Gasteiger partial charge in [0.05, 0.1) is 12.0 Å². The number of benzene rings is 1. The first-order valence-corrected chi connectivity index (χ1v) is 8.83. The Balaban J connectivity index is 1.47. The molecule has 138 valence electrons. The Kier molecular flexibility index (Phi) is 4.93. The molecular formula is C20H20FN5O. The Labute approximate surface area is 156 Å². The van der Waals surface area contributed by atoms with Crippen LogP contribution >= 0.6 is 0 Å². The summed E-state index contributed by atoms with van der Waals surface area (Å²) in [6.07, 6.45) is 6.91. The van der Waals surface area contributed by atoms with Gasteiger partial charge in [0.15, 0.2) is 0 Å². The summed E-state index contributed by atoms with van der Waals surface area (Å²) in [4.78, 5) is 23.2. The van der Waals surface area contributed by atoms with Gasteiger partial charge in [0.25, 0.3) is 0 Å². The topological polar surface area (TPSA) is 63.1 Å². The maximum atomic E-state index is 13.5. The van der Waals surface area contributed by atoms with E-state index in [-0.39, 0.29) is 17.8 Å². The summed E-state index contributed by atoms with van der Waals surface area (Å²) in [5.41, 5.74) is 2.81. The standard InChI is InChI=1S/C20H20FN5O/c21-17-5-1-3-15(7-17)11-25-12-18-10-23-14-26(18)19(13-25)20(27)24-9-16-4-2-6-22-8-16/h1-8,10,14,19H,9,11-13H2,(H,24,27)/t19-/m1/s1. The second-order valence-electron chi connectivity index (χ2n) is 6.69. The highest BCUT2D eigenvalue weighted by molar-refractivity contribution is 5.80. The first kappa shape index (κ1) is 17.4. The van der Waals surface area contributed by atoms with E-state index in [4.69, 9.17) is 0 Å². The van der Waals surface area contributed by atoms with Crippen molar-refractivity contribution in [2.45, 2.75) is 25.7 Å². The molecule has 0 saturated heterocycles. The molecule has 2 aromatic heterocycles. The molecule has 0 fully saturated rings. The SMILES string of the molecule is O=C(NCc1cccnc1)[C@H]1CN(Cc2cccc(F)c2)Cc2cncn21. The lowest BCUT2D eigenvalue weighted by Gasteiger charge is -2.33. The van der Waals surface area contributed by atoms with E-state index in [0.29, 0.717) is 26.2 Å². The van der Waals surface area contributed by atoms with Gasteiger partial charge < -0.3 is 9.88 Å². The number of nitrogens with one attached hydrogen (secondary N) is 1. The molecule has 1 atom stereocenters. The van der Waals surface area contributed by atoms with Gasteiger partial charge in [-0.1, -0.05) is 18.2 Å². The number of halogens is 1. The molecule has 0 bridgehead atoms. The van der Waals surface area contributed by atoms with Crippen LogP contribution in [-0.2, 0) is 24.4 Å². The number of hydrogen-bond donors (Lipinski definition) is 1. The van der Waals surface area contributed by atoms with Crippen molar-refractivity contribution < 1.29 is 9.18 Å². The summed E-state index contributed by atoms with van der Waals surface area (Å²) in [6.45, 7) is 2.22. The third-order valence-electron chi connectivity index (χ3n) is 4.69. The summed E-state index contributed by atoms with van der Waals surface area (Å²) in [5.74, 6) is -0.317. The maximum Gasteiger partial charge on any atom is 0.244 e. The number of carbonyl (C=O) groups excluding carboxylic acids is 1. The molecule has 4 rings (SSSR count). The van der Waals surface area contributed by atoms with Crippen molar-refractivity contribution in [2.75, 3.05) is 6.54 Å². The van der Waals surface area contributed by atoms with Crippen LogP contribution in [0.5, 0.6) is 0 Å². The summed E-state index contributed by atoms with van der Waals surface area (Å²) in [5, 5.41) is 2.98. The van der Waals surface area contributed by atoms with E-state index in [0.717, 1.165) is 16.8 Å². The van der Waals surface area contributed by atoms with Gasteiger partial charge in [0.1, 0.15) is 11.9 Å². The van der Waals surface area contributed by atoms with Gasteiger partial charge in [-0.2, -0.15) is 0 Å². The average molecular weight is 365 g/mol. The lowest BCUT2D eigenvalue weighted by atomic mass is 10.1. The van der Waals surface area contributed by atoms with E-state index in [2.05, 4.69) is 20.2 Å². The van der Waals surface area contributed by atoms with E-state index in [1.165, 1.54) is 12.1 Å². The van der Waals surface area contributed by atoms with Crippen molar-refractivity contribution in [1.82, 2.24) is 24.8 Å². The zero-order chi connectivity index (χ0) is 18.6. The van der Waals surface area contributed by atoms with Crippen molar-refractivity contribution in [1.29, 1.82) is 0 Å². The van der Waals surface area contributed by atoms with E-state index >= 15 is 0 Å². The lowest BCUT2D eigenvalue weighted by Crippen LogP contribution is -2.44. The Morgan fingerprint density at radius 3 is 2.89 bits per heavy atom. The number of pyridine rings is 1. The largest absolute Gasteiger partial charge is 0.350 e. The number of carbonyl (C=O) groups is 1. The van der Waals surface area contributed by atoms with E-state index in [1.807, 2.05) is 22.8 Å². The molecule has 1 amide bonds. The van der Waals surface area contributed by atoms with E-state index in [1.54, 1.807) is 31.0 Å². The first-order chi connectivity index (χ1) is 13.2. The average Bonchev–Trinajstić information content (AvgIpc) is 3.15. The highest BCUT2D eigenvalue weighted by Gasteiger charge is 2.30. The van der Waals surface area contributed by atoms with Crippen LogP contribution in [0, 0.1) is 5.82 Å². The lowest BCUT2D eigenvalue weighted by molar-refractivity contribution is -0.125. The van der Waals surface area contributed by atoms with Crippen LogP contribution in [0.1, 0.15) is 22.9 Å². The quantitative estimate of drug-likeness (QED) is 0.754. The molecule has 0 radical (unpaired) electrons. The molecule has 6 nitrogen and oxygen atoms in total. The molecule has 0 spiro atoms. The van der Waals surface area contributed by atoms with Crippen molar-refractivity contribution in [3.63, 3.8) is 0 Å². The number of imidazole rings is 1. The molecule has 1 aromatic carbocycles. The van der Waals surface area contributed by atoms with Gasteiger partial charge in [-0.15, -0.1) is 0 Å². The Morgan fingerprint density at radius 2 is 2.07 bits per heavy atom. The van der Waals surface area contributed by atoms with Crippen LogP contribution in [0.2, 0.25) is 0 Å². The first-order valence-electron chi connectivity index (χ1n) is 8.83. The number of nitrogens with zero attached hydrogens (tertiary/aromatic N) is 4. The summed E-state index contributed by atoms with van der Waals surface area (Å²) in [7, 11) is 0. The highest BCUT2D eigenvalue weighted by atomic mass is 19.1. The number of amides is 1. The maximum absolute atomic E-state index is 13.5. The van der Waals surface area contributed by atoms with Crippen molar-refractivity contribution >= 4 is 5.91 Å². The second-order valence-corrected chi connectivity index (χ2v) is 6.69. The van der Waals surface area contributed by atoms with Gasteiger partial charge in [-0.25, -0.2) is 9.37 Å². The predicted molar refractivity (Wildman–Crippen MR) is 97.9 cm³/mol. The number of aromatic nitrogens is 3. The fourth-order valence-electron chi connectivity index (χ4n) is 3.39. The minimum absolute atomic E-state index is 0.0676. The van der Waals surface area contributed by atoms with Crippen molar-refractivity contribution in [2.24, 2.45) is 0 Å². The van der Waals surface area contributed by atoms with E-state index < -0.39 is 0 Å². The van der Waals surface area contributed by atoms with Gasteiger partial charge >= 0.3 is 0 Å². The monoisotopic (exact) mass is 365 g/mol. The molecule has 0 saturated carbocycles. The molecule has 27 heavy (non-hydrogen) atoms. The molecule has 3 heterocycles. The molecule has 7 heteroatoms. The summed E-state index contributed by atoms with van der Waals surface area (Å²) < 4.78 is 15.4. The van der Waals surface area contributed by atoms with E-state index in [9.17, 15) is 9.18 Å². The van der Waals surface area contributed by atoms with Gasteiger partial charge in [-0.05, 0) is 29.3 Å². The van der Waals surface area contributed by atoms with Crippen LogP contribution in [0.25, 0.3) is 0 Å². The molecular weight excluding hydrogens is 345 g/mol. The highest BCUT2D eigenvalue weighted by Crippen LogP contribution is 2.23. The van der Waals surface area contributed by atoms with Crippen LogP contribution in [0.4, 0.5) is 4.39 Å². The Morgan fingerprint density at radius 1 is 1.19 bits per heavy atom. The fraction of sp³-hybridized carbons (Fsp3) is 0.250. The minimum atomic E-state index is -0.374. The number of fused-ring (bicyclic) bond motifs is 1. The fourth-order valence-corrected chi connectivity index (χ4v) is 3.39. The third-order valence-corrected chi connectivity index (χ3v) is 4.69. The smallest absolute Gasteiger partial charge is 0.244 e. The summed E-state index contributed by atoms with van der Waals surface area (Å²) in [6, 6.07) is 9.96. The van der Waals surface area contributed by atoms with Crippen molar-refractivity contribution in [3.8, 4) is 0 Å². The van der Waals surface area contributed by atoms with Crippen molar-refractivity contribution in [3.05, 3.63) is 84.0 Å². The zero-order valence-corrected chi connectivity index (χ0v) is 14.8. The molecule has 0 unspecified atom stereocenters. The van der Waals surface area contributed by atoms with Gasteiger partial charge in [0.2, 0.25) is 5.91 Å². The minimum Gasteiger partial charge on any atom is -0.350 e. The molecule has 1 aliphatic heterocycles. The number of hydrogen-bond acceptors (Lipinski definition) is 4. The third kappa shape index (κ3) is 4.03. The van der Waals surface area contributed by atoms with Gasteiger partial charge in [-0.3, -0.25) is 14.7 Å². The Bertz CT molecular complexity index is 927. The zero-order valence-electron chi connectivity index (χ0n) is 14.8. The predicted octanol–water partition coefficient (Wildman–Crippen LogP) is 2.29. The molecule has 1 aliphatic rings. The molecule has 1 N–H and O–H groups in total. The van der Waals surface area contributed by atoms with Crippen LogP contribution in [0.3, 0.4) is 0 Å². The van der Waals surface area contributed by atoms with Gasteiger partial charge in [0, 0.05) is 44.8 Å². The molecule has 3 aromatic rings.